The minimum atomic E-state index is 0.424. The van der Waals surface area contributed by atoms with Crippen LogP contribution in [0.25, 0.3) is 33.3 Å². The summed E-state index contributed by atoms with van der Waals surface area (Å²) in [5, 5.41) is 7.19. The molecule has 0 aliphatic heterocycles. The zero-order valence-electron chi connectivity index (χ0n) is 13.5. The second kappa shape index (κ2) is 6.58. The van der Waals surface area contributed by atoms with Gasteiger partial charge in [0.2, 0.25) is 0 Å². The van der Waals surface area contributed by atoms with Crippen LogP contribution < -0.4 is 0 Å². The number of rotatable bonds is 3. The van der Waals surface area contributed by atoms with Gasteiger partial charge in [0.25, 0.3) is 0 Å². The highest BCUT2D eigenvalue weighted by Gasteiger charge is 2.19. The van der Waals surface area contributed by atoms with E-state index < -0.39 is 0 Å². The van der Waals surface area contributed by atoms with Gasteiger partial charge in [-0.1, -0.05) is 78.7 Å². The van der Waals surface area contributed by atoms with Gasteiger partial charge in [-0.3, -0.25) is 4.68 Å². The smallest absolute Gasteiger partial charge is 0.108 e. The molecule has 0 amide bonds. The van der Waals surface area contributed by atoms with Crippen molar-refractivity contribution in [2.45, 2.75) is 6.54 Å². The van der Waals surface area contributed by atoms with E-state index in [-0.39, 0.29) is 0 Å². The van der Waals surface area contributed by atoms with Gasteiger partial charge in [-0.2, -0.15) is 5.10 Å². The monoisotopic (exact) mass is 386 g/mol. The fraction of sp³-hybridized carbons (Fsp3) is 0.0455. The lowest BCUT2D eigenvalue weighted by Crippen LogP contribution is -2.00. The molecule has 0 unspecified atom stereocenters. The molecule has 0 saturated heterocycles. The summed E-state index contributed by atoms with van der Waals surface area (Å²) in [6, 6.07) is 24.8. The lowest BCUT2D eigenvalue weighted by molar-refractivity contribution is 0.726. The third kappa shape index (κ3) is 2.75. The van der Waals surface area contributed by atoms with Crippen molar-refractivity contribution in [3.8, 4) is 34.9 Å². The van der Waals surface area contributed by atoms with Gasteiger partial charge in [-0.05, 0) is 26.7 Å². The number of nitrogens with zero attached hydrogens (tertiary/aromatic N) is 2. The highest BCUT2D eigenvalue weighted by atomic mass is 79.9. The van der Waals surface area contributed by atoms with Crippen LogP contribution in [0.3, 0.4) is 0 Å². The molecule has 3 heteroatoms. The molecule has 4 rings (SSSR count). The Labute approximate surface area is 155 Å². The fourth-order valence-corrected chi connectivity index (χ4v) is 3.84. The molecule has 25 heavy (non-hydrogen) atoms. The van der Waals surface area contributed by atoms with Crippen LogP contribution in [0.5, 0.6) is 0 Å². The lowest BCUT2D eigenvalue weighted by Gasteiger charge is -2.05. The van der Waals surface area contributed by atoms with E-state index in [2.05, 4.69) is 70.4 Å². The summed E-state index contributed by atoms with van der Waals surface area (Å²) in [5.41, 5.74) is 4.09. The highest BCUT2D eigenvalue weighted by Crippen LogP contribution is 2.39. The summed E-state index contributed by atoms with van der Waals surface area (Å²) in [4.78, 5) is 0. The van der Waals surface area contributed by atoms with E-state index in [1.807, 2.05) is 28.9 Å². The molecule has 3 aromatic carbocycles. The molecule has 0 saturated carbocycles. The van der Waals surface area contributed by atoms with E-state index in [1.54, 1.807) is 0 Å². The third-order valence-electron chi connectivity index (χ3n) is 4.23. The third-order valence-corrected chi connectivity index (χ3v) is 4.98. The highest BCUT2D eigenvalue weighted by molar-refractivity contribution is 9.10. The minimum Gasteiger partial charge on any atom is -0.251 e. The van der Waals surface area contributed by atoms with Crippen molar-refractivity contribution in [3.05, 3.63) is 77.3 Å². The predicted molar refractivity (Wildman–Crippen MR) is 107 cm³/mol. The van der Waals surface area contributed by atoms with E-state index in [9.17, 15) is 0 Å². The molecule has 0 radical (unpaired) electrons. The second-order valence-corrected chi connectivity index (χ2v) is 6.56. The quantitative estimate of drug-likeness (QED) is 0.409. The van der Waals surface area contributed by atoms with Gasteiger partial charge in [0.05, 0.1) is 10.2 Å². The van der Waals surface area contributed by atoms with Crippen molar-refractivity contribution in [2.75, 3.05) is 0 Å². The van der Waals surface area contributed by atoms with E-state index in [4.69, 9.17) is 11.5 Å². The Morgan fingerprint density at radius 3 is 2.44 bits per heavy atom. The Morgan fingerprint density at radius 2 is 1.64 bits per heavy atom. The first-order chi connectivity index (χ1) is 12.3. The summed E-state index contributed by atoms with van der Waals surface area (Å²) < 4.78 is 2.85. The zero-order valence-corrected chi connectivity index (χ0v) is 15.1. The molecule has 0 spiro atoms. The fourth-order valence-electron chi connectivity index (χ4n) is 3.12. The molecule has 0 N–H and O–H groups in total. The minimum absolute atomic E-state index is 0.424. The van der Waals surface area contributed by atoms with Gasteiger partial charge in [0, 0.05) is 11.1 Å². The van der Waals surface area contributed by atoms with Gasteiger partial charge in [0.1, 0.15) is 12.2 Å². The van der Waals surface area contributed by atoms with Crippen molar-refractivity contribution in [3.63, 3.8) is 0 Å². The summed E-state index contributed by atoms with van der Waals surface area (Å²) in [5.74, 6) is 2.70. The molecule has 0 aliphatic carbocycles. The van der Waals surface area contributed by atoms with Crippen LogP contribution in [0.1, 0.15) is 0 Å². The van der Waals surface area contributed by atoms with Gasteiger partial charge in [0.15, 0.2) is 0 Å². The van der Waals surface area contributed by atoms with Crippen LogP contribution in [0, 0.1) is 12.3 Å². The van der Waals surface area contributed by atoms with Crippen LogP contribution in [-0.2, 0) is 6.54 Å². The summed E-state index contributed by atoms with van der Waals surface area (Å²) >= 11 is 3.78. The summed E-state index contributed by atoms with van der Waals surface area (Å²) in [7, 11) is 0. The van der Waals surface area contributed by atoms with E-state index in [1.165, 1.54) is 10.8 Å². The van der Waals surface area contributed by atoms with Gasteiger partial charge in [-0.15, -0.1) is 6.42 Å². The van der Waals surface area contributed by atoms with Crippen molar-refractivity contribution in [2.24, 2.45) is 0 Å². The number of hydrogen-bond donors (Lipinski definition) is 0. The first-order valence-electron chi connectivity index (χ1n) is 8.03. The normalized spacial score (nSPS) is 10.7. The average molecular weight is 387 g/mol. The van der Waals surface area contributed by atoms with Crippen LogP contribution in [0.15, 0.2) is 77.3 Å². The maximum Gasteiger partial charge on any atom is 0.108 e. The zero-order chi connectivity index (χ0) is 17.2. The maximum absolute atomic E-state index is 5.57. The molecular formula is C22H15BrN2. The first kappa shape index (κ1) is 15.7. The number of fused-ring (bicyclic) bond motifs is 1. The van der Waals surface area contributed by atoms with Crippen molar-refractivity contribution in [1.82, 2.24) is 9.78 Å². The summed E-state index contributed by atoms with van der Waals surface area (Å²) in [6.45, 7) is 0.424. The summed E-state index contributed by atoms with van der Waals surface area (Å²) in [6.07, 6.45) is 5.57. The molecule has 0 aliphatic rings. The maximum atomic E-state index is 5.57. The predicted octanol–water partition coefficient (Wildman–Crippen LogP) is 5.77. The molecule has 0 bridgehead atoms. The van der Waals surface area contributed by atoms with Gasteiger partial charge in [-0.25, -0.2) is 0 Å². The molecule has 4 aromatic rings. The van der Waals surface area contributed by atoms with E-state index >= 15 is 0 Å². The lowest BCUT2D eigenvalue weighted by atomic mass is 10.0. The number of terminal acetylenes is 1. The standard InChI is InChI=1S/C22H15BrN2/c1-2-15-25-22(17-10-4-3-5-11-17)20(23)21(24-25)19-14-8-12-16-9-6-7-13-18(16)19/h1,3-14H,15H2. The van der Waals surface area contributed by atoms with Gasteiger partial charge < -0.3 is 0 Å². The van der Waals surface area contributed by atoms with Crippen molar-refractivity contribution in [1.29, 1.82) is 0 Å². The largest absolute Gasteiger partial charge is 0.251 e. The number of benzene rings is 3. The number of aromatic nitrogens is 2. The Kier molecular flexibility index (Phi) is 4.13. The van der Waals surface area contributed by atoms with E-state index in [0.717, 1.165) is 27.0 Å². The average Bonchev–Trinajstić information content (AvgIpc) is 2.98. The van der Waals surface area contributed by atoms with Crippen LogP contribution >= 0.6 is 15.9 Å². The topological polar surface area (TPSA) is 17.8 Å². The SMILES string of the molecule is C#CCn1nc(-c2cccc3ccccc23)c(Br)c1-c1ccccc1. The molecular weight excluding hydrogens is 372 g/mol. The Bertz CT molecular complexity index is 1080. The van der Waals surface area contributed by atoms with Crippen molar-refractivity contribution < 1.29 is 0 Å². The van der Waals surface area contributed by atoms with Crippen LogP contribution in [0.2, 0.25) is 0 Å². The molecule has 1 aromatic heterocycles. The molecule has 2 nitrogen and oxygen atoms in total. The molecule has 1 heterocycles. The second-order valence-electron chi connectivity index (χ2n) is 5.77. The number of hydrogen-bond acceptors (Lipinski definition) is 1. The molecule has 120 valence electrons. The molecule has 0 atom stereocenters. The van der Waals surface area contributed by atoms with Crippen LogP contribution in [-0.4, -0.2) is 9.78 Å². The molecule has 0 fully saturated rings. The Morgan fingerprint density at radius 1 is 0.920 bits per heavy atom. The van der Waals surface area contributed by atoms with Crippen LogP contribution in [0.4, 0.5) is 0 Å². The van der Waals surface area contributed by atoms with Gasteiger partial charge >= 0.3 is 0 Å². The van der Waals surface area contributed by atoms with Crippen molar-refractivity contribution >= 4 is 26.7 Å². The Hall–Kier alpha value is -2.83. The van der Waals surface area contributed by atoms with E-state index in [0.29, 0.717) is 6.54 Å². The number of halogens is 1. The Balaban J connectivity index is 1.99. The first-order valence-corrected chi connectivity index (χ1v) is 8.82.